The van der Waals surface area contributed by atoms with E-state index in [4.69, 9.17) is 14.2 Å². The summed E-state index contributed by atoms with van der Waals surface area (Å²) in [6, 6.07) is -0.727. The van der Waals surface area contributed by atoms with Gasteiger partial charge in [0.05, 0.1) is 40.3 Å². The Labute approximate surface area is 383 Å². The van der Waals surface area contributed by atoms with Gasteiger partial charge in [0.15, 0.2) is 6.10 Å². The highest BCUT2D eigenvalue weighted by Gasteiger charge is 2.25. The van der Waals surface area contributed by atoms with E-state index in [-0.39, 0.29) is 42.7 Å². The monoisotopic (exact) mass is 874 g/mol. The molecule has 0 aliphatic heterocycles. The normalized spacial score (nSPS) is 13.1. The smallest absolute Gasteiger partial charge is 0.306 e. The first-order valence-corrected chi connectivity index (χ1v) is 26.0. The van der Waals surface area contributed by atoms with E-state index in [9.17, 15) is 19.5 Å². The topological polar surface area (TPSA) is 102 Å². The van der Waals surface area contributed by atoms with Crippen molar-refractivity contribution in [3.8, 4) is 0 Å². The predicted molar refractivity (Wildman–Crippen MR) is 259 cm³/mol. The number of quaternary nitrogens is 1. The van der Waals surface area contributed by atoms with Gasteiger partial charge in [-0.05, 0) is 64.2 Å². The molecule has 0 amide bonds. The second kappa shape index (κ2) is 45.1. The summed E-state index contributed by atoms with van der Waals surface area (Å²) in [6.07, 6.45) is 53.1. The van der Waals surface area contributed by atoms with Gasteiger partial charge in [-0.3, -0.25) is 9.59 Å². The van der Waals surface area contributed by atoms with Crippen LogP contribution >= 0.6 is 0 Å². The maximum Gasteiger partial charge on any atom is 0.306 e. The van der Waals surface area contributed by atoms with Crippen LogP contribution in [0.15, 0.2) is 36.5 Å². The van der Waals surface area contributed by atoms with E-state index >= 15 is 0 Å². The second-order valence-electron chi connectivity index (χ2n) is 18.8. The number of hydrogen-bond acceptors (Lipinski definition) is 7. The molecule has 0 aromatic rings. The fourth-order valence-electron chi connectivity index (χ4n) is 7.70. The number of carboxylic acids is 1. The number of likely N-dealkylation sites (N-methyl/N-ethyl adjacent to an activating group) is 1. The Balaban J connectivity index is 4.24. The molecule has 0 spiro atoms. The van der Waals surface area contributed by atoms with Crippen LogP contribution in [0.25, 0.3) is 0 Å². The summed E-state index contributed by atoms with van der Waals surface area (Å²) < 4.78 is 17.2. The zero-order valence-corrected chi connectivity index (χ0v) is 41.3. The highest BCUT2D eigenvalue weighted by Crippen LogP contribution is 2.15. The molecular formula is C54H99NO7. The average Bonchev–Trinajstić information content (AvgIpc) is 3.23. The number of unbranched alkanes of at least 4 members (excludes halogenated alkanes) is 28. The Kier molecular flexibility index (Phi) is 43.3. The Morgan fingerprint density at radius 2 is 0.855 bits per heavy atom. The quantitative estimate of drug-likeness (QED) is 0.0197. The van der Waals surface area contributed by atoms with Gasteiger partial charge >= 0.3 is 11.9 Å². The van der Waals surface area contributed by atoms with Crippen molar-refractivity contribution in [1.82, 2.24) is 0 Å². The number of allylic oxidation sites excluding steroid dienone is 6. The molecule has 0 saturated heterocycles. The molecule has 0 heterocycles. The van der Waals surface area contributed by atoms with E-state index in [1.165, 1.54) is 154 Å². The largest absolute Gasteiger partial charge is 0.544 e. The number of ether oxygens (including phenoxy) is 3. The lowest BCUT2D eigenvalue weighted by atomic mass is 10.1. The molecule has 0 radical (unpaired) electrons. The molecule has 0 aliphatic rings. The Bertz CT molecular complexity index is 1110. The third kappa shape index (κ3) is 42.8. The molecule has 0 aromatic carbocycles. The molecule has 0 N–H and O–H groups in total. The maximum atomic E-state index is 12.8. The number of nitrogens with zero attached hydrogens (tertiary/aromatic N) is 1. The molecular weight excluding hydrogens is 775 g/mol. The van der Waals surface area contributed by atoms with E-state index in [0.717, 1.165) is 51.4 Å². The van der Waals surface area contributed by atoms with E-state index < -0.39 is 18.1 Å². The molecule has 2 atom stereocenters. The van der Waals surface area contributed by atoms with Crippen molar-refractivity contribution < 1.29 is 38.2 Å². The molecule has 0 aliphatic carbocycles. The Morgan fingerprint density at radius 3 is 1.27 bits per heavy atom. The molecule has 0 fully saturated rings. The van der Waals surface area contributed by atoms with E-state index in [1.54, 1.807) is 21.1 Å². The SMILES string of the molecule is CCCCCC/C=C/C=C/CCCCCCCCCCCCC(=O)OCC(COCCC(C(=O)[O-])[N+](C)(C)C)OC(=O)CCCCCCC/C=C/CCCCCCCCCCC. The third-order valence-electron chi connectivity index (χ3n) is 11.8. The van der Waals surface area contributed by atoms with E-state index in [0.29, 0.717) is 12.8 Å². The third-order valence-corrected chi connectivity index (χ3v) is 11.8. The second-order valence-corrected chi connectivity index (χ2v) is 18.8. The van der Waals surface area contributed by atoms with Crippen LogP contribution in [0.4, 0.5) is 0 Å². The first-order valence-electron chi connectivity index (χ1n) is 26.0. The molecule has 0 rings (SSSR count). The maximum absolute atomic E-state index is 12.8. The van der Waals surface area contributed by atoms with Gasteiger partial charge in [0.25, 0.3) is 0 Å². The van der Waals surface area contributed by atoms with Crippen molar-refractivity contribution in [1.29, 1.82) is 0 Å². The molecule has 8 heteroatoms. The predicted octanol–water partition coefficient (Wildman–Crippen LogP) is 13.6. The lowest BCUT2D eigenvalue weighted by Crippen LogP contribution is -2.55. The minimum absolute atomic E-state index is 0.0382. The standard InChI is InChI=1S/C54H99NO7/c1-6-8-10-12-14-16-18-20-22-24-26-27-29-30-32-34-36-38-40-42-44-52(56)61-49-50(48-60-47-46-51(54(58)59)55(3,4)5)62-53(57)45-43-41-39-37-35-33-31-28-25-23-21-19-17-15-13-11-9-7-2/h16,18,20,22,28,31,50-51H,6-15,17,19,21,23-27,29-30,32-49H2,1-5H3/b18-16+,22-20+,31-28+. The summed E-state index contributed by atoms with van der Waals surface area (Å²) in [5.74, 6) is -1.74. The lowest BCUT2D eigenvalue weighted by molar-refractivity contribution is -0.889. The zero-order valence-electron chi connectivity index (χ0n) is 41.3. The van der Waals surface area contributed by atoms with Gasteiger partial charge < -0.3 is 28.6 Å². The summed E-state index contributed by atoms with van der Waals surface area (Å²) >= 11 is 0. The summed E-state index contributed by atoms with van der Waals surface area (Å²) in [4.78, 5) is 37.0. The molecule has 0 bridgehead atoms. The van der Waals surface area contributed by atoms with Crippen LogP contribution in [0, 0.1) is 0 Å². The van der Waals surface area contributed by atoms with Gasteiger partial charge in [-0.1, -0.05) is 192 Å². The number of rotatable bonds is 47. The van der Waals surface area contributed by atoms with Crippen molar-refractivity contribution in [2.45, 2.75) is 251 Å². The Morgan fingerprint density at radius 1 is 0.484 bits per heavy atom. The minimum atomic E-state index is -1.12. The van der Waals surface area contributed by atoms with E-state index in [1.807, 2.05) is 0 Å². The zero-order chi connectivity index (χ0) is 45.6. The lowest BCUT2D eigenvalue weighted by Gasteiger charge is -2.34. The van der Waals surface area contributed by atoms with Crippen LogP contribution in [0.5, 0.6) is 0 Å². The number of carboxylic acid groups (broad SMARTS) is 1. The van der Waals surface area contributed by atoms with Crippen LogP contribution in [0.3, 0.4) is 0 Å². The molecule has 362 valence electrons. The highest BCUT2D eigenvalue weighted by atomic mass is 16.6. The van der Waals surface area contributed by atoms with Crippen molar-refractivity contribution in [2.75, 3.05) is 41.0 Å². The summed E-state index contributed by atoms with van der Waals surface area (Å²) in [6.45, 7) is 4.66. The van der Waals surface area contributed by atoms with Crippen molar-refractivity contribution in [3.63, 3.8) is 0 Å². The highest BCUT2D eigenvalue weighted by molar-refractivity contribution is 5.70. The molecule has 0 saturated carbocycles. The van der Waals surface area contributed by atoms with Gasteiger partial charge in [-0.15, -0.1) is 0 Å². The van der Waals surface area contributed by atoms with E-state index in [2.05, 4.69) is 50.3 Å². The van der Waals surface area contributed by atoms with Gasteiger partial charge in [0, 0.05) is 19.3 Å². The molecule has 0 aromatic heterocycles. The van der Waals surface area contributed by atoms with Crippen LogP contribution in [0.1, 0.15) is 239 Å². The molecule has 62 heavy (non-hydrogen) atoms. The number of esters is 2. The van der Waals surface area contributed by atoms with Gasteiger partial charge in [0.2, 0.25) is 0 Å². The summed E-state index contributed by atoms with van der Waals surface area (Å²) in [5, 5.41) is 11.7. The van der Waals surface area contributed by atoms with Crippen LogP contribution in [0.2, 0.25) is 0 Å². The van der Waals surface area contributed by atoms with Crippen LogP contribution in [-0.4, -0.2) is 75.5 Å². The first kappa shape index (κ1) is 59.5. The summed E-state index contributed by atoms with van der Waals surface area (Å²) in [5.41, 5.74) is 0. The van der Waals surface area contributed by atoms with Crippen molar-refractivity contribution in [2.24, 2.45) is 0 Å². The van der Waals surface area contributed by atoms with Crippen molar-refractivity contribution in [3.05, 3.63) is 36.5 Å². The fourth-order valence-corrected chi connectivity index (χ4v) is 7.70. The van der Waals surface area contributed by atoms with Crippen molar-refractivity contribution >= 4 is 17.9 Å². The molecule has 2 unspecified atom stereocenters. The van der Waals surface area contributed by atoms with Gasteiger partial charge in [0.1, 0.15) is 12.6 Å². The fraction of sp³-hybridized carbons (Fsp3) is 0.833. The summed E-state index contributed by atoms with van der Waals surface area (Å²) in [7, 11) is 5.42. The van der Waals surface area contributed by atoms with Gasteiger partial charge in [-0.2, -0.15) is 0 Å². The number of aliphatic carboxylic acids is 1. The van der Waals surface area contributed by atoms with Gasteiger partial charge in [-0.25, -0.2) is 0 Å². The number of hydrogen-bond donors (Lipinski definition) is 0. The van der Waals surface area contributed by atoms with Crippen LogP contribution in [-0.2, 0) is 28.6 Å². The average molecular weight is 874 g/mol. The Hall–Kier alpha value is -2.45. The molecule has 8 nitrogen and oxygen atoms in total. The number of carbonyl (C=O) groups is 3. The minimum Gasteiger partial charge on any atom is -0.544 e. The number of carbonyl (C=O) groups excluding carboxylic acids is 3. The van der Waals surface area contributed by atoms with Crippen LogP contribution < -0.4 is 5.11 Å². The first-order chi connectivity index (χ1) is 30.1.